The van der Waals surface area contributed by atoms with Crippen molar-refractivity contribution in [1.29, 1.82) is 0 Å². The Hall–Kier alpha value is -6.32. The lowest BCUT2D eigenvalue weighted by molar-refractivity contribution is 0.487. The third-order valence-electron chi connectivity index (χ3n) is 8.89. The normalized spacial score (nSPS) is 11.6. The summed E-state index contributed by atoms with van der Waals surface area (Å²) in [6.45, 7) is 0. The average molecular weight is 601 g/mol. The third kappa shape index (κ3) is 4.95. The first-order valence-corrected chi connectivity index (χ1v) is 15.8. The Bertz CT molecular complexity index is 2410. The molecule has 0 fully saturated rings. The maximum Gasteiger partial charge on any atom is 0.160 e. The molecule has 0 aliphatic carbocycles. The summed E-state index contributed by atoms with van der Waals surface area (Å²) in [7, 11) is 0. The molecule has 1 aliphatic rings. The zero-order chi connectivity index (χ0) is 31.2. The van der Waals surface area contributed by atoms with E-state index in [1.165, 1.54) is 16.5 Å². The Morgan fingerprint density at radius 2 is 0.915 bits per heavy atom. The summed E-state index contributed by atoms with van der Waals surface area (Å²) in [5.41, 5.74) is 11.8. The Kier molecular flexibility index (Phi) is 6.46. The summed E-state index contributed by atoms with van der Waals surface area (Å²) >= 11 is 0. The Morgan fingerprint density at radius 3 is 1.70 bits per heavy atom. The molecule has 1 aromatic heterocycles. The van der Waals surface area contributed by atoms with Crippen molar-refractivity contribution in [3.63, 3.8) is 0 Å². The van der Waals surface area contributed by atoms with Crippen LogP contribution in [-0.4, -0.2) is 9.97 Å². The zero-order valence-corrected chi connectivity index (χ0v) is 25.5. The molecule has 0 atom stereocenters. The Balaban J connectivity index is 1.10. The number of aromatic nitrogens is 2. The van der Waals surface area contributed by atoms with Crippen LogP contribution in [0.3, 0.4) is 0 Å². The van der Waals surface area contributed by atoms with Gasteiger partial charge in [0.15, 0.2) is 5.82 Å². The minimum absolute atomic E-state index is 0.705. The number of fused-ring (bicyclic) bond motifs is 2. The first-order valence-electron chi connectivity index (χ1n) is 15.8. The van der Waals surface area contributed by atoms with Crippen LogP contribution >= 0.6 is 0 Å². The molecule has 0 unspecified atom stereocenters. The van der Waals surface area contributed by atoms with Gasteiger partial charge in [-0.3, -0.25) is 0 Å². The first-order chi connectivity index (χ1) is 23.3. The van der Waals surface area contributed by atoms with Crippen molar-refractivity contribution in [2.45, 2.75) is 0 Å². The highest BCUT2D eigenvalue weighted by Gasteiger charge is 2.20. The highest BCUT2D eigenvalue weighted by Crippen LogP contribution is 2.47. The van der Waals surface area contributed by atoms with Gasteiger partial charge in [0, 0.05) is 27.6 Å². The fourth-order valence-corrected chi connectivity index (χ4v) is 6.53. The molecule has 220 valence electrons. The van der Waals surface area contributed by atoms with Gasteiger partial charge in [0.05, 0.1) is 11.4 Å². The molecule has 0 saturated heterocycles. The molecule has 0 N–H and O–H groups in total. The molecule has 0 amide bonds. The van der Waals surface area contributed by atoms with Gasteiger partial charge in [0.1, 0.15) is 11.5 Å². The fourth-order valence-electron chi connectivity index (χ4n) is 6.53. The van der Waals surface area contributed by atoms with E-state index in [2.05, 4.69) is 133 Å². The van der Waals surface area contributed by atoms with Crippen molar-refractivity contribution in [2.75, 3.05) is 0 Å². The lowest BCUT2D eigenvalue weighted by atomic mass is 9.92. The minimum Gasteiger partial charge on any atom is -0.456 e. The van der Waals surface area contributed by atoms with Gasteiger partial charge >= 0.3 is 0 Å². The predicted octanol–water partition coefficient (Wildman–Crippen LogP) is 11.7. The number of benzene rings is 7. The zero-order valence-electron chi connectivity index (χ0n) is 25.5. The van der Waals surface area contributed by atoms with Crippen LogP contribution in [0.2, 0.25) is 0 Å². The maximum atomic E-state index is 6.33. The summed E-state index contributed by atoms with van der Waals surface area (Å²) in [6.07, 6.45) is 0. The molecular weight excluding hydrogens is 572 g/mol. The quantitative estimate of drug-likeness (QED) is 0.197. The molecule has 2 heterocycles. The molecule has 8 aromatic rings. The van der Waals surface area contributed by atoms with Crippen LogP contribution in [-0.2, 0) is 0 Å². The standard InChI is InChI=1S/C44H28N2O/c1-3-10-29(11-4-1)34-16-7-17-36(26-34)40-28-39(45-44(46-40)33-12-5-2-6-13-33)31-22-20-30(21-23-31)35-24-25-41-38(27-35)37-18-8-14-32-15-9-19-42(47-41)43(32)37/h1-28H. The monoisotopic (exact) mass is 600 g/mol. The summed E-state index contributed by atoms with van der Waals surface area (Å²) in [5.74, 6) is 2.50. The van der Waals surface area contributed by atoms with E-state index in [1.54, 1.807) is 0 Å². The second kappa shape index (κ2) is 11.2. The van der Waals surface area contributed by atoms with E-state index < -0.39 is 0 Å². The molecule has 0 spiro atoms. The van der Waals surface area contributed by atoms with Crippen molar-refractivity contribution in [3.8, 4) is 78.8 Å². The number of hydrogen-bond acceptors (Lipinski definition) is 3. The van der Waals surface area contributed by atoms with Crippen molar-refractivity contribution in [3.05, 3.63) is 170 Å². The van der Waals surface area contributed by atoms with Gasteiger partial charge in [-0.15, -0.1) is 0 Å². The number of hydrogen-bond donors (Lipinski definition) is 0. The van der Waals surface area contributed by atoms with Crippen LogP contribution in [0.25, 0.3) is 78.1 Å². The van der Waals surface area contributed by atoms with Crippen LogP contribution in [0, 0.1) is 0 Å². The number of nitrogens with zero attached hydrogens (tertiary/aromatic N) is 2. The molecule has 1 aliphatic heterocycles. The molecule has 3 heteroatoms. The van der Waals surface area contributed by atoms with E-state index in [1.807, 2.05) is 36.4 Å². The van der Waals surface area contributed by atoms with Crippen molar-refractivity contribution in [2.24, 2.45) is 0 Å². The van der Waals surface area contributed by atoms with Gasteiger partial charge in [-0.05, 0) is 63.5 Å². The largest absolute Gasteiger partial charge is 0.456 e. The predicted molar refractivity (Wildman–Crippen MR) is 192 cm³/mol. The molecule has 0 bridgehead atoms. The summed E-state index contributed by atoms with van der Waals surface area (Å²) in [6, 6.07) is 59.1. The van der Waals surface area contributed by atoms with Crippen molar-refractivity contribution < 1.29 is 4.74 Å². The van der Waals surface area contributed by atoms with E-state index in [0.29, 0.717) is 5.82 Å². The van der Waals surface area contributed by atoms with E-state index in [-0.39, 0.29) is 0 Å². The highest BCUT2D eigenvalue weighted by atomic mass is 16.5. The summed E-state index contributed by atoms with van der Waals surface area (Å²) < 4.78 is 6.33. The molecular formula is C44H28N2O. The van der Waals surface area contributed by atoms with Gasteiger partial charge in [0.2, 0.25) is 0 Å². The SMILES string of the molecule is c1ccc(-c2cccc(-c3cc(-c4ccc(-c5ccc6c(c5)-c5cccc7cccc(c57)O6)cc4)nc(-c4ccccc4)n3)c2)cc1. The second-order valence-electron chi connectivity index (χ2n) is 11.8. The highest BCUT2D eigenvalue weighted by molar-refractivity contribution is 6.04. The molecule has 0 radical (unpaired) electrons. The Morgan fingerprint density at radius 1 is 0.340 bits per heavy atom. The van der Waals surface area contributed by atoms with Crippen LogP contribution in [0.1, 0.15) is 0 Å². The van der Waals surface area contributed by atoms with Crippen molar-refractivity contribution >= 4 is 10.8 Å². The number of rotatable bonds is 5. The topological polar surface area (TPSA) is 35.0 Å². The van der Waals surface area contributed by atoms with Crippen LogP contribution in [0.5, 0.6) is 11.5 Å². The molecule has 9 rings (SSSR count). The Labute approximate surface area is 273 Å². The molecule has 7 aromatic carbocycles. The molecule has 3 nitrogen and oxygen atoms in total. The minimum atomic E-state index is 0.705. The van der Waals surface area contributed by atoms with Crippen LogP contribution in [0.15, 0.2) is 170 Å². The number of ether oxygens (including phenoxy) is 1. The van der Waals surface area contributed by atoms with E-state index in [9.17, 15) is 0 Å². The smallest absolute Gasteiger partial charge is 0.160 e. The second-order valence-corrected chi connectivity index (χ2v) is 11.8. The van der Waals surface area contributed by atoms with E-state index >= 15 is 0 Å². The van der Waals surface area contributed by atoms with E-state index in [4.69, 9.17) is 14.7 Å². The third-order valence-corrected chi connectivity index (χ3v) is 8.89. The van der Waals surface area contributed by atoms with E-state index in [0.717, 1.165) is 67.2 Å². The van der Waals surface area contributed by atoms with Crippen molar-refractivity contribution in [1.82, 2.24) is 9.97 Å². The summed E-state index contributed by atoms with van der Waals surface area (Å²) in [5, 5.41) is 2.35. The van der Waals surface area contributed by atoms with Gasteiger partial charge in [-0.25, -0.2) is 9.97 Å². The molecule has 47 heavy (non-hydrogen) atoms. The fraction of sp³-hybridized carbons (Fsp3) is 0. The lowest BCUT2D eigenvalue weighted by Crippen LogP contribution is -1.97. The van der Waals surface area contributed by atoms with Gasteiger partial charge in [-0.2, -0.15) is 0 Å². The average Bonchev–Trinajstić information content (AvgIpc) is 3.16. The maximum absolute atomic E-state index is 6.33. The lowest BCUT2D eigenvalue weighted by Gasteiger charge is -2.22. The van der Waals surface area contributed by atoms with Gasteiger partial charge in [0.25, 0.3) is 0 Å². The molecule has 0 saturated carbocycles. The van der Waals surface area contributed by atoms with Gasteiger partial charge < -0.3 is 4.74 Å². The summed E-state index contributed by atoms with van der Waals surface area (Å²) in [4.78, 5) is 10.1. The first kappa shape index (κ1) is 27.0. The van der Waals surface area contributed by atoms with Gasteiger partial charge in [-0.1, -0.05) is 140 Å². The van der Waals surface area contributed by atoms with Crippen LogP contribution < -0.4 is 4.74 Å². The van der Waals surface area contributed by atoms with Crippen LogP contribution in [0.4, 0.5) is 0 Å².